The third-order valence-corrected chi connectivity index (χ3v) is 5.60. The molecule has 3 nitrogen and oxygen atoms in total. The quantitative estimate of drug-likeness (QED) is 0.234. The highest BCUT2D eigenvalue weighted by Crippen LogP contribution is 2.43. The lowest BCUT2D eigenvalue weighted by atomic mass is 9.99. The Hall–Kier alpha value is -4.11. The van der Waals surface area contributed by atoms with Gasteiger partial charge >= 0.3 is 5.97 Å². The maximum Gasteiger partial charge on any atom is 0.343 e. The highest BCUT2D eigenvalue weighted by atomic mass is 16.5. The first-order valence-electron chi connectivity index (χ1n) is 9.82. The fourth-order valence-electron chi connectivity index (χ4n) is 4.30. The van der Waals surface area contributed by atoms with Crippen LogP contribution in [-0.2, 0) is 0 Å². The second-order valence-corrected chi connectivity index (χ2v) is 7.31. The molecule has 1 heterocycles. The summed E-state index contributed by atoms with van der Waals surface area (Å²) in [5.74, 6) is 0.108. The van der Waals surface area contributed by atoms with Crippen molar-refractivity contribution >= 4 is 49.3 Å². The summed E-state index contributed by atoms with van der Waals surface area (Å²) in [5.41, 5.74) is 1.22. The van der Waals surface area contributed by atoms with Crippen molar-refractivity contribution in [1.82, 2.24) is 0 Å². The molecule has 0 saturated carbocycles. The maximum absolute atomic E-state index is 12.8. The molecule has 142 valence electrons. The van der Waals surface area contributed by atoms with Crippen molar-refractivity contribution in [2.45, 2.75) is 0 Å². The van der Waals surface area contributed by atoms with E-state index in [0.29, 0.717) is 16.9 Å². The Morgan fingerprint density at radius 2 is 1.37 bits per heavy atom. The van der Waals surface area contributed by atoms with Gasteiger partial charge in [-0.25, -0.2) is 4.79 Å². The largest absolute Gasteiger partial charge is 0.463 e. The Morgan fingerprint density at radius 1 is 0.667 bits per heavy atom. The molecule has 0 amide bonds. The van der Waals surface area contributed by atoms with Crippen molar-refractivity contribution < 1.29 is 13.9 Å². The van der Waals surface area contributed by atoms with Crippen LogP contribution in [0.4, 0.5) is 0 Å². The molecule has 0 atom stereocenters. The van der Waals surface area contributed by atoms with Gasteiger partial charge in [0, 0.05) is 11.5 Å². The molecule has 6 rings (SSSR count). The van der Waals surface area contributed by atoms with E-state index >= 15 is 0 Å². The van der Waals surface area contributed by atoms with E-state index < -0.39 is 0 Å². The van der Waals surface area contributed by atoms with Crippen LogP contribution in [0.15, 0.2) is 102 Å². The fourth-order valence-corrected chi connectivity index (χ4v) is 4.30. The molecule has 1 aromatic heterocycles. The van der Waals surface area contributed by atoms with Crippen molar-refractivity contribution in [2.75, 3.05) is 0 Å². The van der Waals surface area contributed by atoms with E-state index in [4.69, 9.17) is 9.15 Å². The summed E-state index contributed by atoms with van der Waals surface area (Å²) < 4.78 is 11.8. The Labute approximate surface area is 172 Å². The number of ether oxygens (including phenoxy) is 1. The van der Waals surface area contributed by atoms with Crippen LogP contribution in [-0.4, -0.2) is 5.97 Å². The van der Waals surface area contributed by atoms with Gasteiger partial charge in [0.15, 0.2) is 0 Å². The molecule has 0 aliphatic rings. The lowest BCUT2D eigenvalue weighted by Crippen LogP contribution is -2.08. The number of hydrogen-bond acceptors (Lipinski definition) is 3. The molecule has 0 bridgehead atoms. The third kappa shape index (κ3) is 2.42. The van der Waals surface area contributed by atoms with E-state index in [1.807, 2.05) is 48.5 Å². The van der Waals surface area contributed by atoms with E-state index in [1.165, 1.54) is 5.39 Å². The van der Waals surface area contributed by atoms with Gasteiger partial charge in [-0.2, -0.15) is 0 Å². The lowest BCUT2D eigenvalue weighted by Gasteiger charge is -2.11. The summed E-state index contributed by atoms with van der Waals surface area (Å²) in [4.78, 5) is 12.8. The molecular formula is C27H16O3. The van der Waals surface area contributed by atoms with Crippen LogP contribution in [0.25, 0.3) is 43.3 Å². The zero-order valence-electron chi connectivity index (χ0n) is 16.0. The van der Waals surface area contributed by atoms with Crippen LogP contribution >= 0.6 is 0 Å². The average molecular weight is 388 g/mol. The number of carbonyl (C=O) groups is 1. The molecule has 30 heavy (non-hydrogen) atoms. The standard InChI is InChI=1S/C27H16O3/c28-27(17-8-2-1-3-9-17)30-23-14-15-29-26-21-13-7-6-12-20(21)24-19-11-5-4-10-18(19)16-22(24)25(23)26/h1-16H. The van der Waals surface area contributed by atoms with Gasteiger partial charge in [-0.05, 0) is 45.1 Å². The predicted molar refractivity (Wildman–Crippen MR) is 120 cm³/mol. The van der Waals surface area contributed by atoms with E-state index in [0.717, 1.165) is 32.3 Å². The second-order valence-electron chi connectivity index (χ2n) is 7.31. The number of esters is 1. The average Bonchev–Trinajstić information content (AvgIpc) is 3.19. The highest BCUT2D eigenvalue weighted by Gasteiger charge is 2.19. The van der Waals surface area contributed by atoms with Crippen molar-refractivity contribution in [2.24, 2.45) is 0 Å². The third-order valence-electron chi connectivity index (χ3n) is 5.60. The van der Waals surface area contributed by atoms with Crippen LogP contribution < -0.4 is 4.74 Å². The van der Waals surface area contributed by atoms with E-state index in [1.54, 1.807) is 24.5 Å². The molecule has 0 saturated heterocycles. The van der Waals surface area contributed by atoms with Crippen molar-refractivity contribution in [3.05, 3.63) is 103 Å². The zero-order chi connectivity index (χ0) is 20.1. The monoisotopic (exact) mass is 388 g/mol. The molecule has 6 aromatic rings. The highest BCUT2D eigenvalue weighted by molar-refractivity contribution is 6.33. The minimum atomic E-state index is -0.388. The van der Waals surface area contributed by atoms with Gasteiger partial charge < -0.3 is 9.15 Å². The molecule has 0 N–H and O–H groups in total. The van der Waals surface area contributed by atoms with E-state index in [2.05, 4.69) is 24.3 Å². The van der Waals surface area contributed by atoms with Gasteiger partial charge in [-0.1, -0.05) is 66.7 Å². The molecule has 0 fully saturated rings. The Kier molecular flexibility index (Phi) is 3.62. The normalized spacial score (nSPS) is 11.5. The summed E-state index contributed by atoms with van der Waals surface area (Å²) in [7, 11) is 0. The summed E-state index contributed by atoms with van der Waals surface area (Å²) in [6, 6.07) is 29.4. The maximum atomic E-state index is 12.8. The Morgan fingerprint density at radius 3 is 2.20 bits per heavy atom. The smallest absolute Gasteiger partial charge is 0.343 e. The van der Waals surface area contributed by atoms with E-state index in [-0.39, 0.29) is 5.97 Å². The molecule has 0 aliphatic carbocycles. The van der Waals surface area contributed by atoms with Gasteiger partial charge in [0.25, 0.3) is 0 Å². The number of hydrogen-bond donors (Lipinski definition) is 0. The van der Waals surface area contributed by atoms with Gasteiger partial charge in [-0.3, -0.25) is 0 Å². The van der Waals surface area contributed by atoms with Crippen LogP contribution in [0, 0.1) is 0 Å². The molecule has 0 aliphatic heterocycles. The molecule has 0 radical (unpaired) electrons. The van der Waals surface area contributed by atoms with Gasteiger partial charge in [0.05, 0.1) is 17.2 Å². The SMILES string of the molecule is O=C(Oc1ccoc2c3ccccc3c3c4ccccc4cc3c12)c1ccccc1. The molecule has 0 unspecified atom stereocenters. The summed E-state index contributed by atoms with van der Waals surface area (Å²) in [6.45, 7) is 0. The first kappa shape index (κ1) is 16.8. The summed E-state index contributed by atoms with van der Waals surface area (Å²) >= 11 is 0. The first-order chi connectivity index (χ1) is 14.8. The van der Waals surface area contributed by atoms with E-state index in [9.17, 15) is 4.79 Å². The number of fused-ring (bicyclic) bond motifs is 8. The minimum absolute atomic E-state index is 0.388. The van der Waals surface area contributed by atoms with Crippen molar-refractivity contribution in [1.29, 1.82) is 0 Å². The fraction of sp³-hybridized carbons (Fsp3) is 0. The van der Waals surface area contributed by atoms with Crippen LogP contribution in [0.1, 0.15) is 10.4 Å². The van der Waals surface area contributed by atoms with Crippen LogP contribution in [0.3, 0.4) is 0 Å². The van der Waals surface area contributed by atoms with Crippen LogP contribution in [0.5, 0.6) is 5.75 Å². The van der Waals surface area contributed by atoms with Gasteiger partial charge in [0.1, 0.15) is 11.3 Å². The van der Waals surface area contributed by atoms with Crippen LogP contribution in [0.2, 0.25) is 0 Å². The Bertz CT molecular complexity index is 1580. The Balaban J connectivity index is 1.72. The summed E-state index contributed by atoms with van der Waals surface area (Å²) in [5, 5.41) is 7.42. The molecular weight excluding hydrogens is 372 g/mol. The predicted octanol–water partition coefficient (Wildman–Crippen LogP) is 7.11. The topological polar surface area (TPSA) is 39.4 Å². The minimum Gasteiger partial charge on any atom is -0.463 e. The first-order valence-corrected chi connectivity index (χ1v) is 9.82. The van der Waals surface area contributed by atoms with Gasteiger partial charge in [0.2, 0.25) is 0 Å². The molecule has 3 heteroatoms. The second kappa shape index (κ2) is 6.46. The van der Waals surface area contributed by atoms with Crippen molar-refractivity contribution in [3.63, 3.8) is 0 Å². The summed E-state index contributed by atoms with van der Waals surface area (Å²) in [6.07, 6.45) is 1.58. The number of carbonyl (C=O) groups excluding carboxylic acids is 1. The molecule has 0 spiro atoms. The number of benzene rings is 4. The van der Waals surface area contributed by atoms with Gasteiger partial charge in [-0.15, -0.1) is 0 Å². The zero-order valence-corrected chi connectivity index (χ0v) is 16.0. The molecule has 5 aromatic carbocycles. The van der Waals surface area contributed by atoms with Crippen molar-refractivity contribution in [3.8, 4) is 5.75 Å². The number of rotatable bonds is 2. The lowest BCUT2D eigenvalue weighted by molar-refractivity contribution is 0.0737.